The minimum Gasteiger partial charge on any atom is -0.198 e. The first-order valence-electron chi connectivity index (χ1n) is 13.6. The maximum atomic E-state index is 10.2. The Balaban J connectivity index is 1.49. The third-order valence-electron chi connectivity index (χ3n) is 9.46. The van der Waals surface area contributed by atoms with E-state index >= 15 is 0 Å². The molecule has 0 aromatic heterocycles. The van der Waals surface area contributed by atoms with Crippen molar-refractivity contribution in [2.24, 2.45) is 35.0 Å². The topological polar surface area (TPSA) is 23.8 Å². The van der Waals surface area contributed by atoms with Gasteiger partial charge in [-0.3, -0.25) is 0 Å². The van der Waals surface area contributed by atoms with Crippen LogP contribution in [0.5, 0.6) is 0 Å². The largest absolute Gasteiger partial charge is 0.198 e. The Kier molecular flexibility index (Phi) is 9.40. The highest BCUT2D eigenvalue weighted by Crippen LogP contribution is 2.53. The lowest BCUT2D eigenvalue weighted by Gasteiger charge is -2.46. The van der Waals surface area contributed by atoms with Crippen LogP contribution < -0.4 is 0 Å². The molecular weight excluding hydrogens is 350 g/mol. The third-order valence-corrected chi connectivity index (χ3v) is 9.46. The van der Waals surface area contributed by atoms with E-state index in [0.717, 1.165) is 23.7 Å². The third kappa shape index (κ3) is 6.02. The molecule has 0 radical (unpaired) electrons. The maximum Gasteiger partial charge on any atom is 0.0692 e. The van der Waals surface area contributed by atoms with Crippen molar-refractivity contribution in [2.45, 2.75) is 136 Å². The minimum atomic E-state index is 0.0300. The summed E-state index contributed by atoms with van der Waals surface area (Å²) in [6.45, 7) is 4.62. The van der Waals surface area contributed by atoms with Crippen LogP contribution in [-0.2, 0) is 0 Å². The van der Waals surface area contributed by atoms with Crippen molar-refractivity contribution in [1.82, 2.24) is 0 Å². The summed E-state index contributed by atoms with van der Waals surface area (Å²) in [5, 5.41) is 10.2. The van der Waals surface area contributed by atoms with Crippen LogP contribution in [0.3, 0.4) is 0 Å². The molecule has 0 aromatic carbocycles. The van der Waals surface area contributed by atoms with Gasteiger partial charge >= 0.3 is 0 Å². The van der Waals surface area contributed by atoms with Crippen LogP contribution in [0.1, 0.15) is 136 Å². The molecule has 0 unspecified atom stereocenters. The molecule has 3 aliphatic rings. The molecule has 0 N–H and O–H groups in total. The van der Waals surface area contributed by atoms with Gasteiger partial charge in [0.05, 0.1) is 11.5 Å². The quantitative estimate of drug-likeness (QED) is 0.355. The first-order valence-corrected chi connectivity index (χ1v) is 13.6. The van der Waals surface area contributed by atoms with E-state index in [9.17, 15) is 5.26 Å². The van der Waals surface area contributed by atoms with Gasteiger partial charge in [0, 0.05) is 0 Å². The van der Waals surface area contributed by atoms with Crippen molar-refractivity contribution in [3.05, 3.63) is 0 Å². The monoisotopic (exact) mass is 399 g/mol. The Morgan fingerprint density at radius 1 is 0.724 bits per heavy atom. The highest BCUT2D eigenvalue weighted by molar-refractivity contribution is 5.07. The summed E-state index contributed by atoms with van der Waals surface area (Å²) in [6.07, 6.45) is 26.5. The Bertz CT molecular complexity index is 489. The van der Waals surface area contributed by atoms with Gasteiger partial charge in [-0.15, -0.1) is 0 Å². The number of unbranched alkanes of at least 4 members (excludes halogenated alkanes) is 3. The highest BCUT2D eigenvalue weighted by Gasteiger charge is 2.45. The lowest BCUT2D eigenvalue weighted by molar-refractivity contribution is 0.0448. The fraction of sp³-hybridized carbons (Fsp3) is 0.964. The van der Waals surface area contributed by atoms with Gasteiger partial charge in [-0.2, -0.15) is 5.26 Å². The number of nitrogens with zero attached hydrogens (tertiary/aromatic N) is 1. The molecule has 29 heavy (non-hydrogen) atoms. The lowest BCUT2D eigenvalue weighted by atomic mass is 9.57. The van der Waals surface area contributed by atoms with Gasteiger partial charge in [0.2, 0.25) is 0 Å². The number of hydrogen-bond acceptors (Lipinski definition) is 1. The molecule has 3 aliphatic carbocycles. The first-order chi connectivity index (χ1) is 14.2. The van der Waals surface area contributed by atoms with Crippen molar-refractivity contribution in [3.63, 3.8) is 0 Å². The highest BCUT2D eigenvalue weighted by atomic mass is 14.5. The Labute approximate surface area is 182 Å². The normalized spacial score (nSPS) is 38.4. The average Bonchev–Trinajstić information content (AvgIpc) is 2.78. The van der Waals surface area contributed by atoms with E-state index in [1.165, 1.54) is 122 Å². The predicted octanol–water partition coefficient (Wildman–Crippen LogP) is 9.07. The van der Waals surface area contributed by atoms with Crippen molar-refractivity contribution >= 4 is 0 Å². The van der Waals surface area contributed by atoms with Crippen LogP contribution in [0.25, 0.3) is 0 Å². The number of hydrogen-bond donors (Lipinski definition) is 0. The Hall–Kier alpha value is -0.510. The van der Waals surface area contributed by atoms with E-state index in [1.54, 1.807) is 0 Å². The smallest absolute Gasteiger partial charge is 0.0692 e. The standard InChI is InChI=1S/C28H49N/c1-3-5-8-20-28(22-29)21-9-7-11-27(28)26-18-16-25(17-19-26)24-14-12-23(13-15-24)10-6-4-2/h23-27H,3-21H2,1-2H3/t23-,24-,25?,26?,27-,28-/m0/s1. The predicted molar refractivity (Wildman–Crippen MR) is 125 cm³/mol. The summed E-state index contributed by atoms with van der Waals surface area (Å²) in [4.78, 5) is 0. The van der Waals surface area contributed by atoms with Crippen LogP contribution in [0.15, 0.2) is 0 Å². The molecule has 0 heterocycles. The van der Waals surface area contributed by atoms with Gasteiger partial charge in [-0.1, -0.05) is 78.1 Å². The molecule has 3 rings (SSSR count). The molecule has 0 saturated heterocycles. The van der Waals surface area contributed by atoms with Gasteiger partial charge in [0.15, 0.2) is 0 Å². The van der Waals surface area contributed by atoms with Gasteiger partial charge in [0.25, 0.3) is 0 Å². The van der Waals surface area contributed by atoms with E-state index in [4.69, 9.17) is 0 Å². The Morgan fingerprint density at radius 2 is 1.34 bits per heavy atom. The van der Waals surface area contributed by atoms with Crippen molar-refractivity contribution in [1.29, 1.82) is 5.26 Å². The zero-order chi connectivity index (χ0) is 20.5. The summed E-state index contributed by atoms with van der Waals surface area (Å²) in [5.41, 5.74) is 0.0300. The lowest BCUT2D eigenvalue weighted by Crippen LogP contribution is -2.39. The summed E-state index contributed by atoms with van der Waals surface area (Å²) in [6, 6.07) is 2.92. The molecule has 3 saturated carbocycles. The van der Waals surface area contributed by atoms with Crippen LogP contribution >= 0.6 is 0 Å². The average molecular weight is 400 g/mol. The summed E-state index contributed by atoms with van der Waals surface area (Å²) in [7, 11) is 0. The molecule has 166 valence electrons. The Morgan fingerprint density at radius 3 is 1.97 bits per heavy atom. The number of nitriles is 1. The van der Waals surface area contributed by atoms with Gasteiger partial charge in [-0.05, 0) is 87.4 Å². The minimum absolute atomic E-state index is 0.0300. The van der Waals surface area contributed by atoms with Gasteiger partial charge in [0.1, 0.15) is 0 Å². The molecule has 1 nitrogen and oxygen atoms in total. The second kappa shape index (κ2) is 11.8. The summed E-state index contributed by atoms with van der Waals surface area (Å²) < 4.78 is 0. The second-order valence-electron chi connectivity index (χ2n) is 11.2. The van der Waals surface area contributed by atoms with Crippen LogP contribution in [0, 0.1) is 46.3 Å². The van der Waals surface area contributed by atoms with Crippen molar-refractivity contribution in [2.75, 3.05) is 0 Å². The van der Waals surface area contributed by atoms with E-state index in [1.807, 2.05) is 0 Å². The van der Waals surface area contributed by atoms with Gasteiger partial charge in [-0.25, -0.2) is 0 Å². The molecule has 0 aromatic rings. The van der Waals surface area contributed by atoms with Gasteiger partial charge < -0.3 is 0 Å². The molecule has 1 heteroatoms. The molecule has 0 spiro atoms. The zero-order valence-corrected chi connectivity index (χ0v) is 19.8. The summed E-state index contributed by atoms with van der Waals surface area (Å²) >= 11 is 0. The molecular formula is C28H49N. The summed E-state index contributed by atoms with van der Waals surface area (Å²) in [5.74, 6) is 4.66. The van der Waals surface area contributed by atoms with Crippen LogP contribution in [-0.4, -0.2) is 0 Å². The zero-order valence-electron chi connectivity index (χ0n) is 19.8. The van der Waals surface area contributed by atoms with E-state index in [0.29, 0.717) is 5.92 Å². The first kappa shape index (κ1) is 23.2. The second-order valence-corrected chi connectivity index (χ2v) is 11.2. The van der Waals surface area contributed by atoms with Crippen LogP contribution in [0.4, 0.5) is 0 Å². The number of rotatable bonds is 9. The molecule has 0 bridgehead atoms. The fourth-order valence-corrected chi connectivity index (χ4v) is 7.61. The fourth-order valence-electron chi connectivity index (χ4n) is 7.61. The SMILES string of the molecule is CCCCC[C@@]1(C#N)CCCC[C@H]1C1CCC([C@H]2CC[C@H](CCCC)CC2)CC1. The van der Waals surface area contributed by atoms with Crippen molar-refractivity contribution in [3.8, 4) is 6.07 Å². The molecule has 0 amide bonds. The molecule has 2 atom stereocenters. The van der Waals surface area contributed by atoms with E-state index in [-0.39, 0.29) is 5.41 Å². The molecule has 3 fully saturated rings. The van der Waals surface area contributed by atoms with E-state index < -0.39 is 0 Å². The van der Waals surface area contributed by atoms with Crippen molar-refractivity contribution < 1.29 is 0 Å². The van der Waals surface area contributed by atoms with Crippen LogP contribution in [0.2, 0.25) is 0 Å². The molecule has 0 aliphatic heterocycles. The van der Waals surface area contributed by atoms with E-state index in [2.05, 4.69) is 19.9 Å². The maximum absolute atomic E-state index is 10.2.